The minimum atomic E-state index is -0.858. The summed E-state index contributed by atoms with van der Waals surface area (Å²) in [5, 5.41) is 21.3. The van der Waals surface area contributed by atoms with Gasteiger partial charge in [-0.15, -0.1) is 0 Å². The van der Waals surface area contributed by atoms with Gasteiger partial charge in [0.15, 0.2) is 0 Å². The molecule has 18 heavy (non-hydrogen) atoms. The molecule has 1 saturated carbocycles. The first kappa shape index (κ1) is 15.0. The summed E-state index contributed by atoms with van der Waals surface area (Å²) in [7, 11) is 0. The minimum absolute atomic E-state index is 0.0601. The molecule has 1 amide bonds. The number of carboxylic acids is 1. The molecule has 0 radical (unpaired) electrons. The zero-order chi connectivity index (χ0) is 13.6. The predicted octanol–water partition coefficient (Wildman–Crippen LogP) is 1.30. The first-order valence-corrected chi connectivity index (χ1v) is 6.68. The summed E-state index contributed by atoms with van der Waals surface area (Å²) >= 11 is 0. The van der Waals surface area contributed by atoms with E-state index in [2.05, 4.69) is 5.32 Å². The Bertz CT molecular complexity index is 297. The molecular formula is C13H23NO4. The molecule has 1 unspecified atom stereocenters. The van der Waals surface area contributed by atoms with E-state index in [9.17, 15) is 19.8 Å². The van der Waals surface area contributed by atoms with Crippen LogP contribution in [0.4, 0.5) is 0 Å². The summed E-state index contributed by atoms with van der Waals surface area (Å²) in [6.07, 6.45) is 3.79. The maximum atomic E-state index is 11.7. The van der Waals surface area contributed by atoms with Crippen LogP contribution in [0.3, 0.4) is 0 Å². The first-order valence-electron chi connectivity index (χ1n) is 6.68. The fourth-order valence-electron chi connectivity index (χ4n) is 2.47. The van der Waals surface area contributed by atoms with Crippen molar-refractivity contribution >= 4 is 11.9 Å². The molecule has 1 aliphatic carbocycles. The van der Waals surface area contributed by atoms with E-state index >= 15 is 0 Å². The van der Waals surface area contributed by atoms with Gasteiger partial charge in [-0.2, -0.15) is 0 Å². The Hall–Kier alpha value is -1.10. The van der Waals surface area contributed by atoms with Crippen molar-refractivity contribution in [2.45, 2.75) is 58.0 Å². The fraction of sp³-hybridized carbons (Fsp3) is 0.846. The Kier molecular flexibility index (Phi) is 5.59. The van der Waals surface area contributed by atoms with Crippen LogP contribution in [0.15, 0.2) is 0 Å². The second-order valence-corrected chi connectivity index (χ2v) is 5.17. The van der Waals surface area contributed by atoms with Crippen LogP contribution in [-0.2, 0) is 9.59 Å². The van der Waals surface area contributed by atoms with Crippen molar-refractivity contribution in [2.24, 2.45) is 5.41 Å². The van der Waals surface area contributed by atoms with E-state index in [0.29, 0.717) is 32.2 Å². The molecule has 3 N–H and O–H groups in total. The third-order valence-electron chi connectivity index (χ3n) is 3.78. The second kappa shape index (κ2) is 6.73. The molecule has 1 rings (SSSR count). The number of nitrogens with one attached hydrogen (secondary N) is 1. The first-order chi connectivity index (χ1) is 8.50. The third kappa shape index (κ3) is 3.98. The van der Waals surface area contributed by atoms with Crippen LogP contribution in [0.2, 0.25) is 0 Å². The summed E-state index contributed by atoms with van der Waals surface area (Å²) < 4.78 is 0. The van der Waals surface area contributed by atoms with Gasteiger partial charge in [0.05, 0.1) is 11.5 Å². The maximum absolute atomic E-state index is 11.7. The molecule has 104 valence electrons. The smallest absolute Gasteiger partial charge is 0.310 e. The van der Waals surface area contributed by atoms with Gasteiger partial charge in [0.1, 0.15) is 0 Å². The summed E-state index contributed by atoms with van der Waals surface area (Å²) in [5.41, 5.74) is -0.854. The average Bonchev–Trinajstić information content (AvgIpc) is 2.78. The van der Waals surface area contributed by atoms with Crippen LogP contribution < -0.4 is 5.32 Å². The van der Waals surface area contributed by atoms with E-state index in [1.165, 1.54) is 0 Å². The van der Waals surface area contributed by atoms with Gasteiger partial charge in [0, 0.05) is 13.0 Å². The molecule has 0 saturated heterocycles. The molecular weight excluding hydrogens is 234 g/mol. The van der Waals surface area contributed by atoms with Crippen LogP contribution in [0.25, 0.3) is 0 Å². The minimum Gasteiger partial charge on any atom is -0.481 e. The van der Waals surface area contributed by atoms with Crippen LogP contribution in [0, 0.1) is 5.41 Å². The summed E-state index contributed by atoms with van der Waals surface area (Å²) in [5.74, 6) is -1.08. The Morgan fingerprint density at radius 1 is 1.33 bits per heavy atom. The summed E-state index contributed by atoms with van der Waals surface area (Å²) in [4.78, 5) is 23.0. The highest BCUT2D eigenvalue weighted by Crippen LogP contribution is 2.41. The lowest BCUT2D eigenvalue weighted by Crippen LogP contribution is -2.36. The van der Waals surface area contributed by atoms with Gasteiger partial charge in [0.2, 0.25) is 5.91 Å². The second-order valence-electron chi connectivity index (χ2n) is 5.17. The number of hydrogen-bond donors (Lipinski definition) is 3. The number of rotatable bonds is 7. The summed E-state index contributed by atoms with van der Waals surface area (Å²) in [6, 6.07) is 0. The molecule has 0 aromatic heterocycles. The van der Waals surface area contributed by atoms with Gasteiger partial charge >= 0.3 is 5.97 Å². The van der Waals surface area contributed by atoms with E-state index in [1.54, 1.807) is 0 Å². The normalized spacial score (nSPS) is 19.4. The molecule has 1 atom stereocenters. The van der Waals surface area contributed by atoms with E-state index in [-0.39, 0.29) is 12.3 Å². The quantitative estimate of drug-likeness (QED) is 0.641. The molecule has 0 bridgehead atoms. The van der Waals surface area contributed by atoms with Crippen LogP contribution in [-0.4, -0.2) is 34.7 Å². The monoisotopic (exact) mass is 257 g/mol. The molecule has 0 spiro atoms. The Balaban J connectivity index is 2.36. The summed E-state index contributed by atoms with van der Waals surface area (Å²) in [6.45, 7) is 2.29. The molecule has 0 heterocycles. The van der Waals surface area contributed by atoms with E-state index in [0.717, 1.165) is 12.8 Å². The average molecular weight is 257 g/mol. The van der Waals surface area contributed by atoms with Gasteiger partial charge < -0.3 is 15.5 Å². The molecule has 0 aliphatic heterocycles. The number of carbonyl (C=O) groups is 2. The van der Waals surface area contributed by atoms with Crippen molar-refractivity contribution in [3.63, 3.8) is 0 Å². The van der Waals surface area contributed by atoms with Crippen LogP contribution in [0.5, 0.6) is 0 Å². The maximum Gasteiger partial charge on any atom is 0.310 e. The number of aliphatic carboxylic acids is 1. The molecule has 5 heteroatoms. The number of aliphatic hydroxyl groups excluding tert-OH is 1. The largest absolute Gasteiger partial charge is 0.481 e. The molecule has 0 aromatic rings. The van der Waals surface area contributed by atoms with Crippen molar-refractivity contribution in [1.29, 1.82) is 0 Å². The number of aliphatic hydroxyl groups is 1. The highest BCUT2D eigenvalue weighted by molar-refractivity contribution is 5.85. The highest BCUT2D eigenvalue weighted by atomic mass is 16.4. The van der Waals surface area contributed by atoms with Crippen molar-refractivity contribution in [3.05, 3.63) is 0 Å². The number of amides is 1. The molecule has 0 aromatic carbocycles. The standard InChI is InChI=1S/C13H23NO4/c1-2-10(15)5-8-14-11(16)9-13(12(17)18)6-3-4-7-13/h10,15H,2-9H2,1H3,(H,14,16)(H,17,18). The molecule has 1 fully saturated rings. The predicted molar refractivity (Wildman–Crippen MR) is 67.1 cm³/mol. The van der Waals surface area contributed by atoms with E-state index in [1.807, 2.05) is 6.92 Å². The number of carbonyl (C=O) groups excluding carboxylic acids is 1. The Labute approximate surface area is 108 Å². The third-order valence-corrected chi connectivity index (χ3v) is 3.78. The van der Waals surface area contributed by atoms with Gasteiger partial charge in [-0.3, -0.25) is 9.59 Å². The zero-order valence-electron chi connectivity index (χ0n) is 10.9. The SMILES string of the molecule is CCC(O)CCNC(=O)CC1(C(=O)O)CCCC1. The van der Waals surface area contributed by atoms with E-state index in [4.69, 9.17) is 0 Å². The highest BCUT2D eigenvalue weighted by Gasteiger charge is 2.42. The zero-order valence-corrected chi connectivity index (χ0v) is 10.9. The van der Waals surface area contributed by atoms with Gasteiger partial charge in [0.25, 0.3) is 0 Å². The lowest BCUT2D eigenvalue weighted by atomic mass is 9.82. The molecule has 1 aliphatic rings. The lowest BCUT2D eigenvalue weighted by molar-refractivity contribution is -0.151. The lowest BCUT2D eigenvalue weighted by Gasteiger charge is -2.23. The van der Waals surface area contributed by atoms with Crippen LogP contribution >= 0.6 is 0 Å². The van der Waals surface area contributed by atoms with Crippen LogP contribution in [0.1, 0.15) is 51.9 Å². The number of carboxylic acid groups (broad SMARTS) is 1. The van der Waals surface area contributed by atoms with Gasteiger partial charge in [-0.25, -0.2) is 0 Å². The van der Waals surface area contributed by atoms with Crippen molar-refractivity contribution in [1.82, 2.24) is 5.32 Å². The van der Waals surface area contributed by atoms with Gasteiger partial charge in [-0.05, 0) is 25.7 Å². The van der Waals surface area contributed by atoms with Crippen molar-refractivity contribution in [2.75, 3.05) is 6.54 Å². The Morgan fingerprint density at radius 3 is 2.44 bits per heavy atom. The van der Waals surface area contributed by atoms with Crippen molar-refractivity contribution < 1.29 is 19.8 Å². The molecule has 5 nitrogen and oxygen atoms in total. The van der Waals surface area contributed by atoms with Gasteiger partial charge in [-0.1, -0.05) is 19.8 Å². The fourth-order valence-corrected chi connectivity index (χ4v) is 2.47. The topological polar surface area (TPSA) is 86.6 Å². The Morgan fingerprint density at radius 2 is 1.94 bits per heavy atom. The van der Waals surface area contributed by atoms with Crippen molar-refractivity contribution in [3.8, 4) is 0 Å². The number of hydrogen-bond acceptors (Lipinski definition) is 3. The van der Waals surface area contributed by atoms with E-state index < -0.39 is 17.5 Å².